The number of rotatable bonds is 1. The molecule has 1 heterocycles. The minimum absolute atomic E-state index is 0.0474. The molecule has 0 aliphatic carbocycles. The number of likely N-dealkylation sites (tertiary alicyclic amines) is 1. The van der Waals surface area contributed by atoms with E-state index in [2.05, 4.69) is 0 Å². The summed E-state index contributed by atoms with van der Waals surface area (Å²) in [7, 11) is 0. The Kier molecular flexibility index (Phi) is 4.28. The zero-order chi connectivity index (χ0) is 15.8. The van der Waals surface area contributed by atoms with Crippen molar-refractivity contribution in [2.24, 2.45) is 5.92 Å². The Bertz CT molecular complexity index is 548. The van der Waals surface area contributed by atoms with Crippen molar-refractivity contribution >= 4 is 23.6 Å². The van der Waals surface area contributed by atoms with Gasteiger partial charge in [0.05, 0.1) is 6.04 Å². The lowest BCUT2D eigenvalue weighted by atomic mass is 9.95. The summed E-state index contributed by atoms with van der Waals surface area (Å²) >= 11 is 5.90. The average Bonchev–Trinajstić information content (AvgIpc) is 2.63. The third kappa shape index (κ3) is 3.56. The van der Waals surface area contributed by atoms with Gasteiger partial charge in [0.15, 0.2) is 0 Å². The maximum absolute atomic E-state index is 12.3. The van der Waals surface area contributed by atoms with Gasteiger partial charge in [0.1, 0.15) is 5.60 Å². The molecule has 1 aliphatic rings. The van der Waals surface area contributed by atoms with Crippen molar-refractivity contribution in [2.45, 2.75) is 45.8 Å². The molecule has 4 nitrogen and oxygen atoms in total. The molecule has 1 saturated heterocycles. The molecule has 0 saturated carbocycles. The second-order valence-electron chi connectivity index (χ2n) is 6.42. The Morgan fingerprint density at radius 1 is 1.29 bits per heavy atom. The SMILES string of the molecule is CC1CC(=O)N(C(=O)OC(C)(C)C)C1c1ccc(Cl)cc1. The monoisotopic (exact) mass is 309 g/mol. The van der Waals surface area contributed by atoms with Crippen molar-refractivity contribution < 1.29 is 14.3 Å². The number of hydrogen-bond donors (Lipinski definition) is 0. The smallest absolute Gasteiger partial charge is 0.417 e. The van der Waals surface area contributed by atoms with Crippen LogP contribution in [-0.2, 0) is 9.53 Å². The summed E-state index contributed by atoms with van der Waals surface area (Å²) in [5.74, 6) is -0.150. The molecule has 2 atom stereocenters. The molecule has 1 aromatic rings. The molecule has 1 aromatic carbocycles. The van der Waals surface area contributed by atoms with Gasteiger partial charge in [-0.05, 0) is 44.4 Å². The number of carbonyl (C=O) groups excluding carboxylic acids is 2. The van der Waals surface area contributed by atoms with Crippen molar-refractivity contribution in [1.29, 1.82) is 0 Å². The fraction of sp³-hybridized carbons (Fsp3) is 0.500. The number of halogens is 1. The summed E-state index contributed by atoms with van der Waals surface area (Å²) < 4.78 is 5.36. The Morgan fingerprint density at radius 3 is 2.38 bits per heavy atom. The second-order valence-corrected chi connectivity index (χ2v) is 6.86. The quantitative estimate of drug-likeness (QED) is 0.781. The first-order chi connectivity index (χ1) is 9.69. The normalized spacial score (nSPS) is 22.5. The van der Waals surface area contributed by atoms with E-state index in [9.17, 15) is 9.59 Å². The van der Waals surface area contributed by atoms with Crippen LogP contribution in [0, 0.1) is 5.92 Å². The van der Waals surface area contributed by atoms with Crippen LogP contribution in [0.4, 0.5) is 4.79 Å². The molecule has 0 spiro atoms. The minimum Gasteiger partial charge on any atom is -0.443 e. The predicted octanol–water partition coefficient (Wildman–Crippen LogP) is 4.18. The third-order valence-electron chi connectivity index (χ3n) is 3.38. The van der Waals surface area contributed by atoms with E-state index in [1.54, 1.807) is 32.9 Å². The van der Waals surface area contributed by atoms with Crippen molar-refractivity contribution in [2.75, 3.05) is 0 Å². The van der Waals surface area contributed by atoms with Crippen LogP contribution in [0.5, 0.6) is 0 Å². The molecule has 2 unspecified atom stereocenters. The van der Waals surface area contributed by atoms with Crippen LogP contribution in [0.25, 0.3) is 0 Å². The molecule has 0 N–H and O–H groups in total. The summed E-state index contributed by atoms with van der Waals surface area (Å²) in [4.78, 5) is 25.7. The van der Waals surface area contributed by atoms with Crippen molar-refractivity contribution in [3.05, 3.63) is 34.9 Å². The second kappa shape index (κ2) is 5.68. The largest absolute Gasteiger partial charge is 0.443 e. The van der Waals surface area contributed by atoms with Gasteiger partial charge in [-0.2, -0.15) is 0 Å². The number of carbonyl (C=O) groups is 2. The van der Waals surface area contributed by atoms with Gasteiger partial charge in [0, 0.05) is 11.4 Å². The molecule has 1 fully saturated rings. The van der Waals surface area contributed by atoms with Gasteiger partial charge >= 0.3 is 6.09 Å². The van der Waals surface area contributed by atoms with E-state index < -0.39 is 11.7 Å². The first-order valence-electron chi connectivity index (χ1n) is 6.99. The Labute approximate surface area is 130 Å². The zero-order valence-corrected chi connectivity index (χ0v) is 13.5. The highest BCUT2D eigenvalue weighted by Crippen LogP contribution is 2.39. The first kappa shape index (κ1) is 15.8. The molecule has 0 radical (unpaired) electrons. The number of ether oxygens (including phenoxy) is 1. The fourth-order valence-electron chi connectivity index (χ4n) is 2.56. The third-order valence-corrected chi connectivity index (χ3v) is 3.64. The van der Waals surface area contributed by atoms with E-state index in [1.165, 1.54) is 4.90 Å². The number of nitrogens with zero attached hydrogens (tertiary/aromatic N) is 1. The molecule has 1 aliphatic heterocycles. The van der Waals surface area contributed by atoms with Crippen LogP contribution >= 0.6 is 11.6 Å². The van der Waals surface area contributed by atoms with Crippen LogP contribution in [-0.4, -0.2) is 22.5 Å². The lowest BCUT2D eigenvalue weighted by Crippen LogP contribution is -2.39. The van der Waals surface area contributed by atoms with Crippen molar-refractivity contribution in [3.63, 3.8) is 0 Å². The Morgan fingerprint density at radius 2 is 1.86 bits per heavy atom. The van der Waals surface area contributed by atoms with E-state index in [-0.39, 0.29) is 17.9 Å². The fourth-order valence-corrected chi connectivity index (χ4v) is 2.69. The molecule has 0 aromatic heterocycles. The highest BCUT2D eigenvalue weighted by molar-refractivity contribution is 6.30. The molecular formula is C16H20ClNO3. The lowest BCUT2D eigenvalue weighted by Gasteiger charge is -2.29. The predicted molar refractivity (Wildman–Crippen MR) is 81.1 cm³/mol. The highest BCUT2D eigenvalue weighted by atomic mass is 35.5. The molecule has 21 heavy (non-hydrogen) atoms. The molecule has 2 amide bonds. The van der Waals surface area contributed by atoms with Crippen molar-refractivity contribution in [3.8, 4) is 0 Å². The molecule has 5 heteroatoms. The van der Waals surface area contributed by atoms with Gasteiger partial charge in [-0.15, -0.1) is 0 Å². The van der Waals surface area contributed by atoms with Crippen LogP contribution in [0.1, 0.15) is 45.7 Å². The highest BCUT2D eigenvalue weighted by Gasteiger charge is 2.43. The maximum atomic E-state index is 12.3. The molecule has 114 valence electrons. The van der Waals surface area contributed by atoms with Gasteiger partial charge in [-0.3, -0.25) is 4.79 Å². The minimum atomic E-state index is -0.631. The Hall–Kier alpha value is -1.55. The lowest BCUT2D eigenvalue weighted by molar-refractivity contribution is -0.128. The average molecular weight is 310 g/mol. The Balaban J connectivity index is 2.30. The molecular weight excluding hydrogens is 290 g/mol. The van der Waals surface area contributed by atoms with Gasteiger partial charge in [-0.1, -0.05) is 30.7 Å². The summed E-state index contributed by atoms with van der Waals surface area (Å²) in [5.41, 5.74) is 0.261. The van der Waals surface area contributed by atoms with Gasteiger partial charge in [0.2, 0.25) is 5.91 Å². The van der Waals surface area contributed by atoms with Gasteiger partial charge in [0.25, 0.3) is 0 Å². The standard InChI is InChI=1S/C16H20ClNO3/c1-10-9-13(19)18(15(20)21-16(2,3)4)14(10)11-5-7-12(17)8-6-11/h5-8,10,14H,9H2,1-4H3. The number of amides is 2. The number of imide groups is 1. The number of benzene rings is 1. The van der Waals surface area contributed by atoms with Gasteiger partial charge < -0.3 is 4.74 Å². The summed E-state index contributed by atoms with van der Waals surface area (Å²) in [6.45, 7) is 7.31. The molecule has 2 rings (SSSR count). The van der Waals surface area contributed by atoms with E-state index >= 15 is 0 Å². The summed E-state index contributed by atoms with van der Waals surface area (Å²) in [5, 5.41) is 0.625. The summed E-state index contributed by atoms with van der Waals surface area (Å²) in [6.07, 6.45) is -0.246. The first-order valence-corrected chi connectivity index (χ1v) is 7.37. The molecule has 0 bridgehead atoms. The van der Waals surface area contributed by atoms with E-state index in [1.807, 2.05) is 19.1 Å². The van der Waals surface area contributed by atoms with Crippen LogP contribution in [0.3, 0.4) is 0 Å². The maximum Gasteiger partial charge on any atom is 0.417 e. The topological polar surface area (TPSA) is 46.6 Å². The van der Waals surface area contributed by atoms with Gasteiger partial charge in [-0.25, -0.2) is 9.69 Å². The zero-order valence-electron chi connectivity index (χ0n) is 12.7. The summed E-state index contributed by atoms with van der Waals surface area (Å²) in [6, 6.07) is 6.92. The van der Waals surface area contributed by atoms with Crippen LogP contribution in [0.15, 0.2) is 24.3 Å². The van der Waals surface area contributed by atoms with Crippen LogP contribution in [0.2, 0.25) is 5.02 Å². The van der Waals surface area contributed by atoms with Crippen molar-refractivity contribution in [1.82, 2.24) is 4.90 Å². The van der Waals surface area contributed by atoms with Crippen LogP contribution < -0.4 is 0 Å². The van der Waals surface area contributed by atoms with E-state index in [4.69, 9.17) is 16.3 Å². The van der Waals surface area contributed by atoms with E-state index in [0.29, 0.717) is 11.4 Å². The number of hydrogen-bond acceptors (Lipinski definition) is 3. The van der Waals surface area contributed by atoms with E-state index in [0.717, 1.165) is 5.56 Å².